The van der Waals surface area contributed by atoms with E-state index in [0.29, 0.717) is 13.0 Å². The number of carboxylic acids is 1. The summed E-state index contributed by atoms with van der Waals surface area (Å²) in [6, 6.07) is 15.5. The van der Waals surface area contributed by atoms with Crippen LogP contribution in [0.25, 0.3) is 11.1 Å². The predicted molar refractivity (Wildman–Crippen MR) is 119 cm³/mol. The van der Waals surface area contributed by atoms with Crippen LogP contribution in [0.15, 0.2) is 48.5 Å². The van der Waals surface area contributed by atoms with Gasteiger partial charge in [-0.15, -0.1) is 0 Å². The predicted octanol–water partition coefficient (Wildman–Crippen LogP) is 3.77. The molecule has 1 unspecified atom stereocenters. The molecular formula is C25H28N2O5. The van der Waals surface area contributed by atoms with Gasteiger partial charge in [-0.25, -0.2) is 9.59 Å². The van der Waals surface area contributed by atoms with Gasteiger partial charge in [0.1, 0.15) is 12.6 Å². The summed E-state index contributed by atoms with van der Waals surface area (Å²) in [4.78, 5) is 37.8. The number of carbonyl (C=O) groups is 3. The first kappa shape index (κ1) is 21.9. The molecule has 2 aliphatic rings. The van der Waals surface area contributed by atoms with E-state index < -0.39 is 18.1 Å². The Kier molecular flexibility index (Phi) is 6.73. The Balaban J connectivity index is 1.29. The number of nitrogens with zero attached hydrogens (tertiary/aromatic N) is 1. The average molecular weight is 437 g/mol. The minimum atomic E-state index is -0.968. The molecule has 7 nitrogen and oxygen atoms in total. The molecule has 7 heteroatoms. The molecule has 168 valence electrons. The molecule has 0 saturated carbocycles. The molecule has 2 amide bonds. The first-order valence-electron chi connectivity index (χ1n) is 11.2. The van der Waals surface area contributed by atoms with Gasteiger partial charge >= 0.3 is 12.1 Å². The van der Waals surface area contributed by atoms with E-state index in [0.717, 1.165) is 41.5 Å². The topological polar surface area (TPSA) is 95.9 Å². The van der Waals surface area contributed by atoms with Crippen molar-refractivity contribution in [3.8, 4) is 11.1 Å². The van der Waals surface area contributed by atoms with E-state index in [1.54, 1.807) is 0 Å². The van der Waals surface area contributed by atoms with Gasteiger partial charge in [-0.1, -0.05) is 61.4 Å². The third-order valence-electron chi connectivity index (χ3n) is 6.31. The molecule has 1 aliphatic carbocycles. The number of benzene rings is 2. The van der Waals surface area contributed by atoms with Crippen molar-refractivity contribution in [1.82, 2.24) is 10.2 Å². The highest BCUT2D eigenvalue weighted by molar-refractivity contribution is 5.84. The lowest BCUT2D eigenvalue weighted by Gasteiger charge is -2.27. The molecule has 32 heavy (non-hydrogen) atoms. The summed E-state index contributed by atoms with van der Waals surface area (Å²) < 4.78 is 5.48. The van der Waals surface area contributed by atoms with Crippen LogP contribution in [0, 0.1) is 0 Å². The van der Waals surface area contributed by atoms with E-state index in [9.17, 15) is 19.5 Å². The average Bonchev–Trinajstić information content (AvgIpc) is 2.93. The van der Waals surface area contributed by atoms with Crippen LogP contribution in [0.3, 0.4) is 0 Å². The van der Waals surface area contributed by atoms with Gasteiger partial charge in [0.25, 0.3) is 0 Å². The molecule has 1 fully saturated rings. The molecule has 2 aromatic rings. The van der Waals surface area contributed by atoms with E-state index in [-0.39, 0.29) is 31.4 Å². The number of carbonyl (C=O) groups excluding carboxylic acids is 2. The summed E-state index contributed by atoms with van der Waals surface area (Å²) in [7, 11) is 0. The molecule has 0 radical (unpaired) electrons. The fraction of sp³-hybridized carbons (Fsp3) is 0.400. The van der Waals surface area contributed by atoms with Crippen LogP contribution in [0.2, 0.25) is 0 Å². The van der Waals surface area contributed by atoms with Gasteiger partial charge in [0.2, 0.25) is 5.91 Å². The molecule has 0 aromatic heterocycles. The first-order chi connectivity index (χ1) is 15.6. The molecule has 0 spiro atoms. The highest BCUT2D eigenvalue weighted by Gasteiger charge is 2.31. The van der Waals surface area contributed by atoms with E-state index in [4.69, 9.17) is 4.74 Å². The highest BCUT2D eigenvalue weighted by atomic mass is 16.5. The summed E-state index contributed by atoms with van der Waals surface area (Å²) in [5.74, 6) is -1.24. The normalized spacial score (nSPS) is 17.8. The third kappa shape index (κ3) is 4.61. The molecule has 4 rings (SSSR count). The van der Waals surface area contributed by atoms with Crippen molar-refractivity contribution in [2.24, 2.45) is 0 Å². The summed E-state index contributed by atoms with van der Waals surface area (Å²) >= 11 is 0. The van der Waals surface area contributed by atoms with Gasteiger partial charge in [-0.2, -0.15) is 0 Å². The molecule has 2 aromatic carbocycles. The Morgan fingerprint density at radius 3 is 2.28 bits per heavy atom. The number of amides is 2. The number of hydrogen-bond donors (Lipinski definition) is 2. The lowest BCUT2D eigenvalue weighted by atomic mass is 9.98. The van der Waals surface area contributed by atoms with Crippen LogP contribution >= 0.6 is 0 Å². The number of aliphatic carboxylic acids is 1. The van der Waals surface area contributed by atoms with Crippen molar-refractivity contribution in [2.45, 2.75) is 44.1 Å². The Morgan fingerprint density at radius 1 is 0.969 bits per heavy atom. The van der Waals surface area contributed by atoms with Crippen LogP contribution < -0.4 is 5.32 Å². The quantitative estimate of drug-likeness (QED) is 0.719. The van der Waals surface area contributed by atoms with Gasteiger partial charge in [0.15, 0.2) is 0 Å². The Labute approximate surface area is 187 Å². The number of fused-ring (bicyclic) bond motifs is 3. The third-order valence-corrected chi connectivity index (χ3v) is 6.31. The number of hydrogen-bond acceptors (Lipinski definition) is 4. The standard InChI is InChI=1S/C25H28N2O5/c28-23(27-15-7-1-2-12-22(27)24(29)30)13-14-26-25(31)32-16-21-19-10-5-3-8-17(19)18-9-4-6-11-20(18)21/h3-6,8-11,21-22H,1-2,7,12-16H2,(H,26,31)(H,29,30). The van der Waals surface area contributed by atoms with Crippen molar-refractivity contribution < 1.29 is 24.2 Å². The highest BCUT2D eigenvalue weighted by Crippen LogP contribution is 2.44. The minimum absolute atomic E-state index is 0.0248. The Hall–Kier alpha value is -3.35. The van der Waals surface area contributed by atoms with Crippen LogP contribution in [0.4, 0.5) is 4.79 Å². The Bertz CT molecular complexity index is 960. The fourth-order valence-corrected chi connectivity index (χ4v) is 4.73. The number of rotatable bonds is 6. The molecule has 1 saturated heterocycles. The molecule has 1 atom stereocenters. The van der Waals surface area contributed by atoms with Crippen molar-refractivity contribution in [3.05, 3.63) is 59.7 Å². The van der Waals surface area contributed by atoms with Gasteiger partial charge in [-0.05, 0) is 35.1 Å². The first-order valence-corrected chi connectivity index (χ1v) is 11.2. The summed E-state index contributed by atoms with van der Waals surface area (Å²) in [6.45, 7) is 0.764. The van der Waals surface area contributed by atoms with Crippen molar-refractivity contribution >= 4 is 18.0 Å². The monoisotopic (exact) mass is 436 g/mol. The summed E-state index contributed by atoms with van der Waals surface area (Å²) in [5, 5.41) is 12.1. The molecule has 1 heterocycles. The van der Waals surface area contributed by atoms with Crippen LogP contribution in [-0.4, -0.2) is 53.7 Å². The van der Waals surface area contributed by atoms with Gasteiger partial charge in [-0.3, -0.25) is 4.79 Å². The summed E-state index contributed by atoms with van der Waals surface area (Å²) in [5.41, 5.74) is 4.59. The van der Waals surface area contributed by atoms with Crippen molar-refractivity contribution in [2.75, 3.05) is 19.7 Å². The zero-order valence-electron chi connectivity index (χ0n) is 18.0. The molecule has 1 aliphatic heterocycles. The van der Waals surface area contributed by atoms with Crippen molar-refractivity contribution in [3.63, 3.8) is 0 Å². The van der Waals surface area contributed by atoms with E-state index in [1.807, 2.05) is 24.3 Å². The SMILES string of the molecule is O=C(NCCC(=O)N1CCCCCC1C(=O)O)OCC1c2ccccc2-c2ccccc21. The molecule has 2 N–H and O–H groups in total. The molecule has 0 bridgehead atoms. The lowest BCUT2D eigenvalue weighted by molar-refractivity contribution is -0.150. The summed E-state index contributed by atoms with van der Waals surface area (Å²) in [6.07, 6.45) is 2.47. The second-order valence-corrected chi connectivity index (χ2v) is 8.29. The van der Waals surface area contributed by atoms with E-state index >= 15 is 0 Å². The lowest BCUT2D eigenvalue weighted by Crippen LogP contribution is -2.45. The van der Waals surface area contributed by atoms with Crippen LogP contribution in [-0.2, 0) is 14.3 Å². The number of nitrogens with one attached hydrogen (secondary N) is 1. The smallest absolute Gasteiger partial charge is 0.407 e. The van der Waals surface area contributed by atoms with Crippen LogP contribution in [0.5, 0.6) is 0 Å². The maximum atomic E-state index is 12.6. The van der Waals surface area contributed by atoms with Crippen molar-refractivity contribution in [1.29, 1.82) is 0 Å². The second-order valence-electron chi connectivity index (χ2n) is 8.29. The number of likely N-dealkylation sites (tertiary alicyclic amines) is 1. The maximum absolute atomic E-state index is 12.6. The fourth-order valence-electron chi connectivity index (χ4n) is 4.73. The minimum Gasteiger partial charge on any atom is -0.480 e. The van der Waals surface area contributed by atoms with Gasteiger partial charge < -0.3 is 20.1 Å². The van der Waals surface area contributed by atoms with Crippen LogP contribution in [0.1, 0.15) is 49.1 Å². The number of carboxylic acid groups (broad SMARTS) is 1. The number of alkyl carbamates (subject to hydrolysis) is 1. The maximum Gasteiger partial charge on any atom is 0.407 e. The van der Waals surface area contributed by atoms with Gasteiger partial charge in [0.05, 0.1) is 0 Å². The number of ether oxygens (including phenoxy) is 1. The molecular weight excluding hydrogens is 408 g/mol. The Morgan fingerprint density at radius 2 is 1.62 bits per heavy atom. The zero-order valence-corrected chi connectivity index (χ0v) is 18.0. The largest absolute Gasteiger partial charge is 0.480 e. The van der Waals surface area contributed by atoms with E-state index in [1.165, 1.54) is 4.90 Å². The van der Waals surface area contributed by atoms with Gasteiger partial charge in [0, 0.05) is 25.4 Å². The zero-order chi connectivity index (χ0) is 22.5. The second kappa shape index (κ2) is 9.85. The van der Waals surface area contributed by atoms with E-state index in [2.05, 4.69) is 29.6 Å².